The first-order valence-electron chi connectivity index (χ1n) is 6.67. The quantitative estimate of drug-likeness (QED) is 0.871. The zero-order chi connectivity index (χ0) is 15.0. The van der Waals surface area contributed by atoms with Crippen LogP contribution in [0.25, 0.3) is 11.0 Å². The third kappa shape index (κ3) is 2.52. The first-order chi connectivity index (χ1) is 9.98. The van der Waals surface area contributed by atoms with Gasteiger partial charge in [-0.2, -0.15) is 4.31 Å². The van der Waals surface area contributed by atoms with Crippen LogP contribution in [0, 0.1) is 0 Å². The van der Waals surface area contributed by atoms with Crippen molar-refractivity contribution in [3.63, 3.8) is 0 Å². The first kappa shape index (κ1) is 14.0. The lowest BCUT2D eigenvalue weighted by Crippen LogP contribution is -2.49. The van der Waals surface area contributed by atoms with Crippen molar-refractivity contribution in [2.75, 3.05) is 26.2 Å². The minimum Gasteiger partial charge on any atom is -0.345 e. The molecule has 0 unspecified atom stereocenters. The summed E-state index contributed by atoms with van der Waals surface area (Å²) in [5.41, 5.74) is 1.42. The van der Waals surface area contributed by atoms with Crippen molar-refractivity contribution in [3.05, 3.63) is 24.5 Å². The minimum atomic E-state index is -3.53. The van der Waals surface area contributed by atoms with Crippen LogP contribution < -0.4 is 0 Å². The van der Waals surface area contributed by atoms with Crippen molar-refractivity contribution in [2.45, 2.75) is 11.8 Å². The third-order valence-corrected chi connectivity index (χ3v) is 5.61. The molecule has 0 bridgehead atoms. The lowest BCUT2D eigenvalue weighted by molar-refractivity contribution is -0.129. The highest BCUT2D eigenvalue weighted by molar-refractivity contribution is 7.89. The fraction of sp³-hybridized carbons (Fsp3) is 0.385. The van der Waals surface area contributed by atoms with E-state index in [1.165, 1.54) is 17.6 Å². The van der Waals surface area contributed by atoms with Crippen LogP contribution in [0.3, 0.4) is 0 Å². The Hall–Kier alpha value is -1.93. The Labute approximate surface area is 122 Å². The van der Waals surface area contributed by atoms with E-state index in [1.54, 1.807) is 23.1 Å². The monoisotopic (exact) mass is 308 g/mol. The smallest absolute Gasteiger partial charge is 0.243 e. The van der Waals surface area contributed by atoms with Crippen LogP contribution in [0.15, 0.2) is 29.4 Å². The van der Waals surface area contributed by atoms with E-state index >= 15 is 0 Å². The number of benzene rings is 1. The molecule has 0 aliphatic carbocycles. The molecule has 7 nitrogen and oxygen atoms in total. The van der Waals surface area contributed by atoms with Crippen LogP contribution >= 0.6 is 0 Å². The Kier molecular flexibility index (Phi) is 3.42. The molecule has 112 valence electrons. The number of carbonyl (C=O) groups excluding carboxylic acids is 1. The number of rotatable bonds is 2. The van der Waals surface area contributed by atoms with Gasteiger partial charge >= 0.3 is 0 Å². The highest BCUT2D eigenvalue weighted by Crippen LogP contribution is 2.21. The van der Waals surface area contributed by atoms with Gasteiger partial charge in [0.05, 0.1) is 22.3 Å². The van der Waals surface area contributed by atoms with Crippen LogP contribution in [0.5, 0.6) is 0 Å². The summed E-state index contributed by atoms with van der Waals surface area (Å²) in [5.74, 6) is -0.0223. The number of piperazine rings is 1. The molecule has 2 aromatic rings. The zero-order valence-corrected chi connectivity index (χ0v) is 12.4. The van der Waals surface area contributed by atoms with Gasteiger partial charge in [0, 0.05) is 33.1 Å². The minimum absolute atomic E-state index is 0.0223. The highest BCUT2D eigenvalue weighted by Gasteiger charge is 2.29. The summed E-state index contributed by atoms with van der Waals surface area (Å²) in [6.45, 7) is 3.00. The molecule has 1 N–H and O–H groups in total. The summed E-state index contributed by atoms with van der Waals surface area (Å²) < 4.78 is 26.7. The molecule has 21 heavy (non-hydrogen) atoms. The molecule has 1 aromatic heterocycles. The second-order valence-electron chi connectivity index (χ2n) is 4.99. The lowest BCUT2D eigenvalue weighted by atomic mass is 10.3. The van der Waals surface area contributed by atoms with E-state index in [-0.39, 0.29) is 10.8 Å². The number of imidazole rings is 1. The average molecular weight is 308 g/mol. The summed E-state index contributed by atoms with van der Waals surface area (Å²) >= 11 is 0. The molecule has 1 aliphatic rings. The molecular weight excluding hydrogens is 292 g/mol. The number of hydrogen-bond acceptors (Lipinski definition) is 4. The van der Waals surface area contributed by atoms with Crippen molar-refractivity contribution in [1.82, 2.24) is 19.2 Å². The van der Waals surface area contributed by atoms with Gasteiger partial charge in [-0.1, -0.05) is 0 Å². The topological polar surface area (TPSA) is 86.4 Å². The second kappa shape index (κ2) is 5.12. The molecule has 0 spiro atoms. The number of sulfonamides is 1. The van der Waals surface area contributed by atoms with Crippen molar-refractivity contribution in [3.8, 4) is 0 Å². The van der Waals surface area contributed by atoms with E-state index < -0.39 is 10.0 Å². The van der Waals surface area contributed by atoms with E-state index in [1.807, 2.05) is 0 Å². The molecule has 2 heterocycles. The molecule has 1 fully saturated rings. The molecule has 1 aromatic carbocycles. The largest absolute Gasteiger partial charge is 0.345 e. The lowest BCUT2D eigenvalue weighted by Gasteiger charge is -2.33. The number of nitrogens with one attached hydrogen (secondary N) is 1. The SMILES string of the molecule is CC(=O)N1CCN(S(=O)(=O)c2ccc3nc[nH]c3c2)CC1. The van der Waals surface area contributed by atoms with Crippen molar-refractivity contribution in [1.29, 1.82) is 0 Å². The Balaban J connectivity index is 1.85. The van der Waals surface area contributed by atoms with Gasteiger partial charge in [0.25, 0.3) is 0 Å². The van der Waals surface area contributed by atoms with Gasteiger partial charge in [0.1, 0.15) is 0 Å². The van der Waals surface area contributed by atoms with E-state index in [4.69, 9.17) is 0 Å². The van der Waals surface area contributed by atoms with E-state index in [0.29, 0.717) is 31.7 Å². The number of hydrogen-bond donors (Lipinski definition) is 1. The maximum Gasteiger partial charge on any atom is 0.243 e. The fourth-order valence-corrected chi connectivity index (χ4v) is 3.92. The number of nitrogens with zero attached hydrogens (tertiary/aromatic N) is 3. The summed E-state index contributed by atoms with van der Waals surface area (Å²) in [4.78, 5) is 20.2. The van der Waals surface area contributed by atoms with Gasteiger partial charge in [-0.15, -0.1) is 0 Å². The average Bonchev–Trinajstić information content (AvgIpc) is 2.94. The number of aromatic amines is 1. The van der Waals surface area contributed by atoms with Gasteiger partial charge in [0.2, 0.25) is 15.9 Å². The Morgan fingerprint density at radius 1 is 1.24 bits per heavy atom. The Morgan fingerprint density at radius 2 is 1.95 bits per heavy atom. The van der Waals surface area contributed by atoms with Crippen LogP contribution in [0.1, 0.15) is 6.92 Å². The molecule has 1 saturated heterocycles. The normalized spacial score (nSPS) is 17.3. The number of fused-ring (bicyclic) bond motifs is 1. The predicted octanol–water partition coefficient (Wildman–Crippen LogP) is 0.416. The van der Waals surface area contributed by atoms with Gasteiger partial charge in [0.15, 0.2) is 0 Å². The van der Waals surface area contributed by atoms with E-state index in [0.717, 1.165) is 5.52 Å². The summed E-state index contributed by atoms with van der Waals surface area (Å²) in [6, 6.07) is 4.84. The highest BCUT2D eigenvalue weighted by atomic mass is 32.2. The van der Waals surface area contributed by atoms with Crippen molar-refractivity contribution >= 4 is 27.0 Å². The number of carbonyl (C=O) groups is 1. The summed E-state index contributed by atoms with van der Waals surface area (Å²) in [6.07, 6.45) is 1.53. The maximum atomic E-state index is 12.6. The summed E-state index contributed by atoms with van der Waals surface area (Å²) in [7, 11) is -3.53. The Morgan fingerprint density at radius 3 is 2.62 bits per heavy atom. The Bertz CT molecular complexity index is 776. The molecule has 8 heteroatoms. The molecule has 3 rings (SSSR count). The standard InChI is InChI=1S/C13H16N4O3S/c1-10(18)16-4-6-17(7-5-16)21(19,20)11-2-3-12-13(8-11)15-9-14-12/h2-3,8-9H,4-7H2,1H3,(H,14,15). The van der Waals surface area contributed by atoms with Crippen LogP contribution in [0.2, 0.25) is 0 Å². The zero-order valence-electron chi connectivity index (χ0n) is 11.6. The third-order valence-electron chi connectivity index (χ3n) is 3.71. The molecule has 0 atom stereocenters. The molecule has 0 radical (unpaired) electrons. The van der Waals surface area contributed by atoms with Crippen LogP contribution in [-0.2, 0) is 14.8 Å². The van der Waals surface area contributed by atoms with Gasteiger partial charge in [-0.05, 0) is 18.2 Å². The molecule has 0 saturated carbocycles. The second-order valence-corrected chi connectivity index (χ2v) is 6.93. The number of aromatic nitrogens is 2. The van der Waals surface area contributed by atoms with Crippen LogP contribution in [0.4, 0.5) is 0 Å². The first-order valence-corrected chi connectivity index (χ1v) is 8.11. The molecular formula is C13H16N4O3S. The number of H-pyrrole nitrogens is 1. The molecule has 1 aliphatic heterocycles. The van der Waals surface area contributed by atoms with E-state index in [2.05, 4.69) is 9.97 Å². The van der Waals surface area contributed by atoms with Crippen LogP contribution in [-0.4, -0.2) is 59.7 Å². The maximum absolute atomic E-state index is 12.6. The van der Waals surface area contributed by atoms with Gasteiger partial charge < -0.3 is 9.88 Å². The molecule has 1 amide bonds. The van der Waals surface area contributed by atoms with E-state index in [9.17, 15) is 13.2 Å². The van der Waals surface area contributed by atoms with Crippen molar-refractivity contribution in [2.24, 2.45) is 0 Å². The fourth-order valence-electron chi connectivity index (χ4n) is 2.47. The number of amides is 1. The summed E-state index contributed by atoms with van der Waals surface area (Å²) in [5, 5.41) is 0. The van der Waals surface area contributed by atoms with Gasteiger partial charge in [-0.25, -0.2) is 13.4 Å². The van der Waals surface area contributed by atoms with Crippen molar-refractivity contribution < 1.29 is 13.2 Å². The predicted molar refractivity (Wildman–Crippen MR) is 77.1 cm³/mol. The van der Waals surface area contributed by atoms with Gasteiger partial charge in [-0.3, -0.25) is 4.79 Å².